The normalized spacial score (nSPS) is 19.8. The van der Waals surface area contributed by atoms with Gasteiger partial charge in [0.15, 0.2) is 0 Å². The molecule has 0 bridgehead atoms. The number of likely N-dealkylation sites (tertiary alicyclic amines) is 1. The summed E-state index contributed by atoms with van der Waals surface area (Å²) >= 11 is 0. The second kappa shape index (κ2) is 8.89. The van der Waals surface area contributed by atoms with Crippen molar-refractivity contribution in [2.45, 2.75) is 58.6 Å². The van der Waals surface area contributed by atoms with Crippen LogP contribution in [0.25, 0.3) is 0 Å². The molecule has 3 rings (SSSR count). The van der Waals surface area contributed by atoms with Gasteiger partial charge in [-0.3, -0.25) is 4.79 Å². The van der Waals surface area contributed by atoms with E-state index in [0.29, 0.717) is 23.1 Å². The first-order valence-corrected chi connectivity index (χ1v) is 10.2. The fourth-order valence-corrected chi connectivity index (χ4v) is 3.64. The Hall–Kier alpha value is -2.50. The summed E-state index contributed by atoms with van der Waals surface area (Å²) in [5.41, 5.74) is 0.876. The molecule has 1 amide bonds. The van der Waals surface area contributed by atoms with Gasteiger partial charge in [-0.15, -0.1) is 0 Å². The van der Waals surface area contributed by atoms with E-state index in [1.165, 1.54) is 18.2 Å². The zero-order chi connectivity index (χ0) is 21.0. The Bertz CT molecular complexity index is 851. The average Bonchev–Trinajstić information content (AvgIpc) is 2.72. The lowest BCUT2D eigenvalue weighted by Gasteiger charge is -2.37. The fraction of sp³-hybridized carbons (Fsp3) is 0.478. The summed E-state index contributed by atoms with van der Waals surface area (Å²) in [4.78, 5) is 19.4. The van der Waals surface area contributed by atoms with Gasteiger partial charge in [-0.25, -0.2) is 13.8 Å². The van der Waals surface area contributed by atoms with Gasteiger partial charge in [0.2, 0.25) is 0 Å². The van der Waals surface area contributed by atoms with Gasteiger partial charge >= 0.3 is 0 Å². The molecular weight excluding hydrogens is 374 g/mol. The van der Waals surface area contributed by atoms with E-state index in [1.54, 1.807) is 24.3 Å². The van der Waals surface area contributed by atoms with E-state index in [2.05, 4.69) is 18.8 Å². The first-order chi connectivity index (χ1) is 13.8. The van der Waals surface area contributed by atoms with Crippen molar-refractivity contribution in [2.75, 3.05) is 6.54 Å². The Morgan fingerprint density at radius 2 is 2.00 bits per heavy atom. The number of carbonyl (C=O) groups is 1. The minimum atomic E-state index is -2.93. The van der Waals surface area contributed by atoms with Crippen LogP contribution in [-0.4, -0.2) is 28.4 Å². The van der Waals surface area contributed by atoms with E-state index in [-0.39, 0.29) is 24.1 Å². The standard InChI is InChI=1S/C23H28F2N2O2/c1-4-17-12-11-16(2)27(14-17)22(28)21-10-6-8-19(26-21)15-29-20-9-5-7-18(13-20)23(3,24)25/h5-10,13,16-17H,4,11-12,14-15H2,1-3H3. The Labute approximate surface area is 170 Å². The summed E-state index contributed by atoms with van der Waals surface area (Å²) in [5, 5.41) is 0. The van der Waals surface area contributed by atoms with Crippen LogP contribution in [0.5, 0.6) is 5.75 Å². The van der Waals surface area contributed by atoms with Crippen LogP contribution in [-0.2, 0) is 12.5 Å². The number of ether oxygens (including phenoxy) is 1. The van der Waals surface area contributed by atoms with Crippen LogP contribution in [0.3, 0.4) is 0 Å². The molecule has 1 aromatic carbocycles. The highest BCUT2D eigenvalue weighted by Crippen LogP contribution is 2.29. The maximum Gasteiger partial charge on any atom is 0.272 e. The number of rotatable bonds is 6. The van der Waals surface area contributed by atoms with Gasteiger partial charge in [-0.1, -0.05) is 31.5 Å². The van der Waals surface area contributed by atoms with Crippen molar-refractivity contribution in [3.05, 3.63) is 59.4 Å². The molecule has 4 nitrogen and oxygen atoms in total. The van der Waals surface area contributed by atoms with Gasteiger partial charge in [0.05, 0.1) is 5.69 Å². The molecule has 29 heavy (non-hydrogen) atoms. The number of amides is 1. The molecule has 2 unspecified atom stereocenters. The van der Waals surface area contributed by atoms with Crippen LogP contribution in [0.2, 0.25) is 0 Å². The zero-order valence-electron chi connectivity index (χ0n) is 17.2. The number of carbonyl (C=O) groups excluding carboxylic acids is 1. The summed E-state index contributed by atoms with van der Waals surface area (Å²) in [5.74, 6) is -2.11. The summed E-state index contributed by atoms with van der Waals surface area (Å²) in [6, 6.07) is 11.3. The number of pyridine rings is 1. The highest BCUT2D eigenvalue weighted by atomic mass is 19.3. The Balaban J connectivity index is 1.69. The van der Waals surface area contributed by atoms with Crippen molar-refractivity contribution in [3.63, 3.8) is 0 Å². The molecular formula is C23H28F2N2O2. The van der Waals surface area contributed by atoms with Crippen molar-refractivity contribution in [2.24, 2.45) is 5.92 Å². The molecule has 0 spiro atoms. The Morgan fingerprint density at radius 1 is 1.24 bits per heavy atom. The van der Waals surface area contributed by atoms with Crippen LogP contribution in [0.1, 0.15) is 61.8 Å². The minimum Gasteiger partial charge on any atom is -0.487 e. The summed E-state index contributed by atoms with van der Waals surface area (Å²) in [7, 11) is 0. The third kappa shape index (κ3) is 5.31. The first kappa shape index (κ1) is 21.2. The quantitative estimate of drug-likeness (QED) is 0.648. The van der Waals surface area contributed by atoms with Crippen molar-refractivity contribution < 1.29 is 18.3 Å². The molecule has 0 radical (unpaired) electrons. The van der Waals surface area contributed by atoms with E-state index in [0.717, 1.165) is 32.7 Å². The smallest absolute Gasteiger partial charge is 0.272 e. The molecule has 2 heterocycles. The molecule has 2 atom stereocenters. The molecule has 1 saturated heterocycles. The second-order valence-electron chi connectivity index (χ2n) is 7.88. The molecule has 1 fully saturated rings. The maximum atomic E-state index is 13.5. The van der Waals surface area contributed by atoms with Crippen molar-refractivity contribution in [1.82, 2.24) is 9.88 Å². The third-order valence-electron chi connectivity index (χ3n) is 5.57. The number of aromatic nitrogens is 1. The van der Waals surface area contributed by atoms with E-state index < -0.39 is 5.92 Å². The lowest BCUT2D eigenvalue weighted by molar-refractivity contribution is 0.0172. The van der Waals surface area contributed by atoms with E-state index in [4.69, 9.17) is 4.74 Å². The molecule has 1 aromatic heterocycles. The van der Waals surface area contributed by atoms with Crippen LogP contribution in [0.4, 0.5) is 8.78 Å². The van der Waals surface area contributed by atoms with Crippen LogP contribution in [0.15, 0.2) is 42.5 Å². The molecule has 1 aliphatic rings. The molecule has 0 N–H and O–H groups in total. The monoisotopic (exact) mass is 402 g/mol. The molecule has 6 heteroatoms. The number of piperidine rings is 1. The van der Waals surface area contributed by atoms with Crippen molar-refractivity contribution in [3.8, 4) is 5.75 Å². The Kier molecular flexibility index (Phi) is 6.50. The second-order valence-corrected chi connectivity index (χ2v) is 7.88. The number of alkyl halides is 2. The topological polar surface area (TPSA) is 42.4 Å². The third-order valence-corrected chi connectivity index (χ3v) is 5.57. The first-order valence-electron chi connectivity index (χ1n) is 10.2. The molecule has 2 aromatic rings. The highest BCUT2D eigenvalue weighted by molar-refractivity contribution is 5.92. The lowest BCUT2D eigenvalue weighted by atomic mass is 9.91. The number of nitrogens with zero attached hydrogens (tertiary/aromatic N) is 2. The minimum absolute atomic E-state index is 0.0647. The number of halogens is 2. The summed E-state index contributed by atoms with van der Waals surface area (Å²) in [6.45, 7) is 5.95. The molecule has 156 valence electrons. The largest absolute Gasteiger partial charge is 0.487 e. The predicted molar refractivity (Wildman–Crippen MR) is 108 cm³/mol. The van der Waals surface area contributed by atoms with Crippen LogP contribution < -0.4 is 4.74 Å². The van der Waals surface area contributed by atoms with Gasteiger partial charge in [-0.2, -0.15) is 0 Å². The average molecular weight is 402 g/mol. The number of hydrogen-bond donors (Lipinski definition) is 0. The van der Waals surface area contributed by atoms with E-state index in [9.17, 15) is 13.6 Å². The van der Waals surface area contributed by atoms with Gasteiger partial charge in [-0.05, 0) is 49.9 Å². The van der Waals surface area contributed by atoms with E-state index in [1.807, 2.05) is 4.90 Å². The molecule has 0 saturated carbocycles. The Morgan fingerprint density at radius 3 is 2.72 bits per heavy atom. The predicted octanol–water partition coefficient (Wildman–Crippen LogP) is 5.42. The fourth-order valence-electron chi connectivity index (χ4n) is 3.64. The van der Waals surface area contributed by atoms with Crippen LogP contribution >= 0.6 is 0 Å². The van der Waals surface area contributed by atoms with Crippen molar-refractivity contribution in [1.29, 1.82) is 0 Å². The molecule has 1 aliphatic heterocycles. The number of benzene rings is 1. The maximum absolute atomic E-state index is 13.5. The van der Waals surface area contributed by atoms with E-state index >= 15 is 0 Å². The van der Waals surface area contributed by atoms with Crippen LogP contribution in [0, 0.1) is 5.92 Å². The summed E-state index contributed by atoms with van der Waals surface area (Å²) in [6.07, 6.45) is 3.22. The van der Waals surface area contributed by atoms with Gasteiger partial charge in [0.25, 0.3) is 11.8 Å². The zero-order valence-corrected chi connectivity index (χ0v) is 17.2. The van der Waals surface area contributed by atoms with Gasteiger partial charge < -0.3 is 9.64 Å². The SMILES string of the molecule is CCC1CCC(C)N(C(=O)c2cccc(COc3cccc(C(C)(F)F)c3)n2)C1. The highest BCUT2D eigenvalue weighted by Gasteiger charge is 2.29. The molecule has 0 aliphatic carbocycles. The lowest BCUT2D eigenvalue weighted by Crippen LogP contribution is -2.45. The van der Waals surface area contributed by atoms with Gasteiger partial charge in [0, 0.05) is 25.1 Å². The van der Waals surface area contributed by atoms with Crippen molar-refractivity contribution >= 4 is 5.91 Å². The van der Waals surface area contributed by atoms with Gasteiger partial charge in [0.1, 0.15) is 18.1 Å². The number of hydrogen-bond acceptors (Lipinski definition) is 3. The summed E-state index contributed by atoms with van der Waals surface area (Å²) < 4.78 is 32.6.